The molecule has 5 heteroatoms. The standard InChI is InChI=1S/C18H17NO3S/c20-13-5-6-14-12(9-18(21)22-16(14)10-13)11-19-7-1-3-15(19)17-4-2-8-23-17/h2,4-6,8-10,15,20H,1,3,7,11H2/p+1/t15-/m0/s1. The normalized spacial score (nSPS) is 21.0. The molecule has 1 fully saturated rings. The van der Waals surface area contributed by atoms with E-state index in [0.29, 0.717) is 11.6 Å². The number of phenolic OH excluding ortho intramolecular Hbond substituents is 1. The van der Waals surface area contributed by atoms with E-state index in [1.807, 2.05) is 17.4 Å². The van der Waals surface area contributed by atoms with Crippen LogP contribution in [-0.4, -0.2) is 11.7 Å². The molecular weight excluding hydrogens is 310 g/mol. The second-order valence-corrected chi connectivity index (χ2v) is 7.05. The van der Waals surface area contributed by atoms with Gasteiger partial charge in [-0.25, -0.2) is 4.79 Å². The lowest BCUT2D eigenvalue weighted by atomic mass is 10.1. The van der Waals surface area contributed by atoms with Gasteiger partial charge in [0.05, 0.1) is 11.4 Å². The van der Waals surface area contributed by atoms with Crippen molar-refractivity contribution >= 4 is 22.3 Å². The summed E-state index contributed by atoms with van der Waals surface area (Å²) >= 11 is 1.81. The van der Waals surface area contributed by atoms with Crippen LogP contribution in [0.15, 0.2) is 51.0 Å². The number of phenols is 1. The quantitative estimate of drug-likeness (QED) is 0.726. The van der Waals surface area contributed by atoms with E-state index >= 15 is 0 Å². The van der Waals surface area contributed by atoms with Crippen LogP contribution in [0.3, 0.4) is 0 Å². The molecule has 1 aliphatic heterocycles. The highest BCUT2D eigenvalue weighted by atomic mass is 32.1. The van der Waals surface area contributed by atoms with Crippen molar-refractivity contribution in [1.82, 2.24) is 0 Å². The minimum Gasteiger partial charge on any atom is -0.508 e. The molecular formula is C18H18NO3S+. The van der Waals surface area contributed by atoms with Crippen LogP contribution < -0.4 is 10.5 Å². The third kappa shape index (κ3) is 2.78. The summed E-state index contributed by atoms with van der Waals surface area (Å²) in [4.78, 5) is 14.8. The van der Waals surface area contributed by atoms with Crippen molar-refractivity contribution in [3.05, 3.63) is 62.6 Å². The summed E-state index contributed by atoms with van der Waals surface area (Å²) in [5.74, 6) is 0.114. The lowest BCUT2D eigenvalue weighted by molar-refractivity contribution is -0.931. The Morgan fingerprint density at radius 1 is 1.30 bits per heavy atom. The minimum atomic E-state index is -0.357. The van der Waals surface area contributed by atoms with Gasteiger partial charge in [-0.05, 0) is 23.6 Å². The number of aromatic hydroxyl groups is 1. The number of likely N-dealkylation sites (tertiary alicyclic amines) is 1. The molecule has 23 heavy (non-hydrogen) atoms. The van der Waals surface area contributed by atoms with E-state index in [9.17, 15) is 9.90 Å². The number of quaternary nitrogens is 1. The Bertz CT molecular complexity index is 885. The zero-order valence-electron chi connectivity index (χ0n) is 12.6. The maximum Gasteiger partial charge on any atom is 0.336 e. The first-order valence-corrected chi connectivity index (χ1v) is 8.72. The largest absolute Gasteiger partial charge is 0.508 e. The first kappa shape index (κ1) is 14.5. The van der Waals surface area contributed by atoms with Crippen LogP contribution in [-0.2, 0) is 6.54 Å². The zero-order chi connectivity index (χ0) is 15.8. The second kappa shape index (κ2) is 5.83. The van der Waals surface area contributed by atoms with E-state index in [4.69, 9.17) is 4.42 Å². The van der Waals surface area contributed by atoms with Crippen molar-refractivity contribution in [2.45, 2.75) is 25.4 Å². The smallest absolute Gasteiger partial charge is 0.336 e. The first-order chi connectivity index (χ1) is 11.2. The average Bonchev–Trinajstić information content (AvgIpc) is 3.17. The number of rotatable bonds is 3. The molecule has 0 amide bonds. The van der Waals surface area contributed by atoms with Gasteiger partial charge < -0.3 is 14.4 Å². The average molecular weight is 328 g/mol. The molecule has 4 nitrogen and oxygen atoms in total. The maximum absolute atomic E-state index is 11.8. The highest BCUT2D eigenvalue weighted by Gasteiger charge is 2.31. The second-order valence-electron chi connectivity index (χ2n) is 6.07. The van der Waals surface area contributed by atoms with Gasteiger partial charge in [0.2, 0.25) is 0 Å². The van der Waals surface area contributed by atoms with Crippen molar-refractivity contribution in [3.63, 3.8) is 0 Å². The maximum atomic E-state index is 11.8. The van der Waals surface area contributed by atoms with Gasteiger partial charge in [-0.15, -0.1) is 11.3 Å². The molecule has 2 atom stereocenters. The van der Waals surface area contributed by atoms with Gasteiger partial charge in [0.1, 0.15) is 23.9 Å². The highest BCUT2D eigenvalue weighted by molar-refractivity contribution is 7.10. The lowest BCUT2D eigenvalue weighted by Crippen LogP contribution is -3.08. The molecule has 3 heterocycles. The fourth-order valence-corrected chi connectivity index (χ4v) is 4.49. The number of benzene rings is 1. The third-order valence-electron chi connectivity index (χ3n) is 4.60. The molecule has 118 valence electrons. The Kier molecular flexibility index (Phi) is 3.67. The van der Waals surface area contributed by atoms with Gasteiger partial charge >= 0.3 is 5.63 Å². The Balaban J connectivity index is 1.71. The number of fused-ring (bicyclic) bond motifs is 1. The Hall–Kier alpha value is -2.11. The van der Waals surface area contributed by atoms with Crippen LogP contribution in [0.4, 0.5) is 0 Å². The summed E-state index contributed by atoms with van der Waals surface area (Å²) < 4.78 is 5.22. The van der Waals surface area contributed by atoms with Crippen LogP contribution >= 0.6 is 11.3 Å². The molecule has 1 aliphatic rings. The van der Waals surface area contributed by atoms with E-state index in [1.165, 1.54) is 28.7 Å². The van der Waals surface area contributed by atoms with E-state index in [2.05, 4.69) is 17.5 Å². The summed E-state index contributed by atoms with van der Waals surface area (Å²) in [6.45, 7) is 1.91. The van der Waals surface area contributed by atoms with Crippen LogP contribution in [0.1, 0.15) is 29.3 Å². The van der Waals surface area contributed by atoms with Crippen LogP contribution in [0.2, 0.25) is 0 Å². The van der Waals surface area contributed by atoms with Crippen molar-refractivity contribution in [3.8, 4) is 5.75 Å². The summed E-state index contributed by atoms with van der Waals surface area (Å²) in [5, 5.41) is 12.6. The third-order valence-corrected chi connectivity index (χ3v) is 5.59. The van der Waals surface area contributed by atoms with Crippen LogP contribution in [0, 0.1) is 0 Å². The van der Waals surface area contributed by atoms with E-state index in [1.54, 1.807) is 12.1 Å². The van der Waals surface area contributed by atoms with Crippen molar-refractivity contribution in [2.75, 3.05) is 6.54 Å². The first-order valence-electron chi connectivity index (χ1n) is 7.84. The Labute approximate surface area is 137 Å². The van der Waals surface area contributed by atoms with Crippen molar-refractivity contribution < 1.29 is 14.4 Å². The molecule has 1 unspecified atom stereocenters. The van der Waals surface area contributed by atoms with Gasteiger partial charge in [-0.3, -0.25) is 0 Å². The summed E-state index contributed by atoms with van der Waals surface area (Å²) in [7, 11) is 0. The summed E-state index contributed by atoms with van der Waals surface area (Å²) in [5.41, 5.74) is 1.10. The molecule has 3 aromatic rings. The minimum absolute atomic E-state index is 0.114. The Morgan fingerprint density at radius 3 is 3.04 bits per heavy atom. The highest BCUT2D eigenvalue weighted by Crippen LogP contribution is 2.25. The fourth-order valence-electron chi connectivity index (χ4n) is 3.57. The van der Waals surface area contributed by atoms with Gasteiger partial charge in [-0.2, -0.15) is 0 Å². The number of hydrogen-bond donors (Lipinski definition) is 2. The molecule has 0 saturated carbocycles. The van der Waals surface area contributed by atoms with Gasteiger partial charge in [0.25, 0.3) is 0 Å². The van der Waals surface area contributed by atoms with Crippen LogP contribution in [0.5, 0.6) is 5.75 Å². The number of thiophene rings is 1. The molecule has 2 N–H and O–H groups in total. The molecule has 4 rings (SSSR count). The van der Waals surface area contributed by atoms with Crippen LogP contribution in [0.25, 0.3) is 11.0 Å². The summed E-state index contributed by atoms with van der Waals surface area (Å²) in [6.07, 6.45) is 2.40. The molecule has 0 bridgehead atoms. The SMILES string of the molecule is O=c1cc(C[NH+]2CCC[C@H]2c2cccs2)c2ccc(O)cc2o1. The van der Waals surface area contributed by atoms with Crippen molar-refractivity contribution in [1.29, 1.82) is 0 Å². The molecule has 1 aromatic carbocycles. The van der Waals surface area contributed by atoms with E-state index in [0.717, 1.165) is 24.0 Å². The molecule has 2 aromatic heterocycles. The summed E-state index contributed by atoms with van der Waals surface area (Å²) in [6, 6.07) is 11.4. The number of hydrogen-bond acceptors (Lipinski definition) is 4. The van der Waals surface area contributed by atoms with E-state index < -0.39 is 0 Å². The Morgan fingerprint density at radius 2 is 2.22 bits per heavy atom. The molecule has 0 radical (unpaired) electrons. The molecule has 1 saturated heterocycles. The topological polar surface area (TPSA) is 54.9 Å². The lowest BCUT2D eigenvalue weighted by Gasteiger charge is -2.21. The van der Waals surface area contributed by atoms with Gasteiger partial charge in [-0.1, -0.05) is 6.07 Å². The predicted molar refractivity (Wildman–Crippen MR) is 90.0 cm³/mol. The molecule has 0 aliphatic carbocycles. The number of nitrogens with one attached hydrogen (secondary N) is 1. The van der Waals surface area contributed by atoms with Gasteiger partial charge in [0, 0.05) is 35.9 Å². The van der Waals surface area contributed by atoms with Crippen molar-refractivity contribution in [2.24, 2.45) is 0 Å². The predicted octanol–water partition coefficient (Wildman–Crippen LogP) is 2.48. The molecule has 0 spiro atoms. The van der Waals surface area contributed by atoms with Gasteiger partial charge in [0.15, 0.2) is 0 Å². The monoisotopic (exact) mass is 328 g/mol. The zero-order valence-corrected chi connectivity index (χ0v) is 13.4. The fraction of sp³-hybridized carbons (Fsp3) is 0.278. The van der Waals surface area contributed by atoms with E-state index in [-0.39, 0.29) is 11.4 Å².